The summed E-state index contributed by atoms with van der Waals surface area (Å²) in [7, 11) is 1.59. The van der Waals surface area contributed by atoms with Crippen molar-refractivity contribution in [3.63, 3.8) is 0 Å². The first-order valence-corrected chi connectivity index (χ1v) is 12.2. The Labute approximate surface area is 214 Å². The number of ether oxygens (including phenoxy) is 2. The number of carbonyl (C=O) groups is 1. The van der Waals surface area contributed by atoms with Gasteiger partial charge in [0.05, 0.1) is 19.4 Å². The van der Waals surface area contributed by atoms with Gasteiger partial charge in [0.1, 0.15) is 17.8 Å². The van der Waals surface area contributed by atoms with E-state index in [-0.39, 0.29) is 11.9 Å². The molecule has 1 saturated heterocycles. The summed E-state index contributed by atoms with van der Waals surface area (Å²) >= 11 is 0. The van der Waals surface area contributed by atoms with E-state index < -0.39 is 0 Å². The molecule has 0 spiro atoms. The molecule has 0 saturated carbocycles. The second-order valence-corrected chi connectivity index (χ2v) is 8.87. The molecule has 0 unspecified atom stereocenters. The lowest BCUT2D eigenvalue weighted by Crippen LogP contribution is -2.42. The molecular formula is C27H29N7O3. The first-order chi connectivity index (χ1) is 18.1. The van der Waals surface area contributed by atoms with Gasteiger partial charge in [-0.3, -0.25) is 4.79 Å². The summed E-state index contributed by atoms with van der Waals surface area (Å²) in [6, 6.07) is 10.2. The summed E-state index contributed by atoms with van der Waals surface area (Å²) in [5.74, 6) is 1.45. The molecule has 0 aliphatic carbocycles. The maximum absolute atomic E-state index is 11.0. The highest BCUT2D eigenvalue weighted by atomic mass is 16.5. The summed E-state index contributed by atoms with van der Waals surface area (Å²) in [4.78, 5) is 25.9. The Morgan fingerprint density at radius 2 is 1.95 bits per heavy atom. The number of imidazole rings is 1. The highest BCUT2D eigenvalue weighted by Gasteiger charge is 2.21. The monoisotopic (exact) mass is 499 g/mol. The zero-order valence-electron chi connectivity index (χ0n) is 20.7. The number of hydrogen-bond donors (Lipinski definition) is 1. The lowest BCUT2D eigenvalue weighted by Gasteiger charge is -2.29. The maximum Gasteiger partial charge on any atom is 0.245 e. The van der Waals surface area contributed by atoms with Crippen LogP contribution in [-0.4, -0.2) is 68.2 Å². The quantitative estimate of drug-likeness (QED) is 0.426. The fourth-order valence-electron chi connectivity index (χ4n) is 4.47. The molecule has 2 aliphatic rings. The number of aromatic nitrogens is 5. The lowest BCUT2D eigenvalue weighted by atomic mass is 10.0. The Balaban J connectivity index is 0.000000215. The maximum atomic E-state index is 11.0. The Morgan fingerprint density at radius 1 is 1.16 bits per heavy atom. The van der Waals surface area contributed by atoms with Crippen LogP contribution in [-0.2, 0) is 11.2 Å². The van der Waals surface area contributed by atoms with Gasteiger partial charge in [-0.15, -0.1) is 5.10 Å². The van der Waals surface area contributed by atoms with Crippen LogP contribution in [0.1, 0.15) is 18.4 Å². The third-order valence-corrected chi connectivity index (χ3v) is 6.49. The van der Waals surface area contributed by atoms with Crippen LogP contribution >= 0.6 is 0 Å². The Kier molecular flexibility index (Phi) is 7.09. The molecule has 1 aromatic carbocycles. The fraction of sp³-hybridized carbons (Fsp3) is 0.296. The third kappa shape index (κ3) is 5.14. The minimum absolute atomic E-state index is 0.0249. The summed E-state index contributed by atoms with van der Waals surface area (Å²) < 4.78 is 12.8. The number of benzene rings is 1. The second kappa shape index (κ2) is 10.8. The van der Waals surface area contributed by atoms with Crippen LogP contribution in [0.5, 0.6) is 11.6 Å². The van der Waals surface area contributed by atoms with Crippen LogP contribution in [0.2, 0.25) is 0 Å². The van der Waals surface area contributed by atoms with E-state index in [1.165, 1.54) is 18.0 Å². The highest BCUT2D eigenvalue weighted by molar-refractivity contribution is 5.87. The molecule has 0 radical (unpaired) electrons. The van der Waals surface area contributed by atoms with Gasteiger partial charge in [-0.1, -0.05) is 18.7 Å². The molecule has 37 heavy (non-hydrogen) atoms. The van der Waals surface area contributed by atoms with Crippen molar-refractivity contribution >= 4 is 11.6 Å². The first-order valence-electron chi connectivity index (χ1n) is 12.2. The van der Waals surface area contributed by atoms with E-state index in [0.29, 0.717) is 5.88 Å². The average molecular weight is 500 g/mol. The standard InChI is InChI=1S/C19H15N5O2.C8H14N2O/c1-25-17-5-4-16-22-18(13-3-2-12-6-7-26-15(12)8-13)19(24(16)23-17)14-9-20-11-21-10-14;1-2-8(11)10-5-3-7(9)4-6-10/h2-5,8-11H,6-7H2,1H3;2,7H,1,3-6,9H2. The Hall–Kier alpha value is -4.31. The van der Waals surface area contributed by atoms with Crippen molar-refractivity contribution in [1.29, 1.82) is 0 Å². The molecule has 10 heteroatoms. The Bertz CT molecular complexity index is 1410. The molecule has 2 aliphatic heterocycles. The minimum atomic E-state index is 0.0249. The zero-order chi connectivity index (χ0) is 25.8. The predicted molar refractivity (Wildman–Crippen MR) is 139 cm³/mol. The molecule has 0 atom stereocenters. The SMILES string of the molecule is C=CC(=O)N1CCC(N)CC1.COc1ccc2nc(-c3ccc4c(c3)OCC4)c(-c3cncnc3)n2n1. The number of piperidine rings is 1. The summed E-state index contributed by atoms with van der Waals surface area (Å²) in [6.45, 7) is 5.72. The van der Waals surface area contributed by atoms with Crippen molar-refractivity contribution in [1.82, 2.24) is 29.5 Å². The van der Waals surface area contributed by atoms with E-state index in [4.69, 9.17) is 20.2 Å². The Morgan fingerprint density at radius 3 is 2.68 bits per heavy atom. The van der Waals surface area contributed by atoms with Gasteiger partial charge in [-0.2, -0.15) is 0 Å². The summed E-state index contributed by atoms with van der Waals surface area (Å²) in [5.41, 5.74) is 11.0. The van der Waals surface area contributed by atoms with Crippen LogP contribution in [0.4, 0.5) is 0 Å². The van der Waals surface area contributed by atoms with Crippen molar-refractivity contribution in [3.8, 4) is 34.1 Å². The normalized spacial score (nSPS) is 14.9. The number of nitrogens with two attached hydrogens (primary N) is 1. The molecule has 3 aromatic heterocycles. The fourth-order valence-corrected chi connectivity index (χ4v) is 4.47. The van der Waals surface area contributed by atoms with Crippen molar-refractivity contribution in [2.75, 3.05) is 26.8 Å². The van der Waals surface area contributed by atoms with E-state index in [9.17, 15) is 4.79 Å². The molecule has 1 amide bonds. The average Bonchev–Trinajstić information content (AvgIpc) is 3.57. The van der Waals surface area contributed by atoms with Crippen LogP contribution in [0.3, 0.4) is 0 Å². The zero-order valence-corrected chi connectivity index (χ0v) is 20.7. The molecule has 0 bridgehead atoms. The van der Waals surface area contributed by atoms with Crippen molar-refractivity contribution in [3.05, 3.63) is 67.3 Å². The smallest absolute Gasteiger partial charge is 0.245 e. The number of amides is 1. The number of methoxy groups -OCH3 is 1. The van der Waals surface area contributed by atoms with E-state index in [1.54, 1.807) is 35.0 Å². The van der Waals surface area contributed by atoms with Gasteiger partial charge >= 0.3 is 0 Å². The van der Waals surface area contributed by atoms with Crippen molar-refractivity contribution < 1.29 is 14.3 Å². The van der Waals surface area contributed by atoms with Gasteiger partial charge in [0.25, 0.3) is 0 Å². The molecule has 4 aromatic rings. The molecule has 190 valence electrons. The van der Waals surface area contributed by atoms with Crippen LogP contribution < -0.4 is 15.2 Å². The van der Waals surface area contributed by atoms with Gasteiger partial charge in [-0.05, 0) is 36.6 Å². The van der Waals surface area contributed by atoms with Gasteiger partial charge in [0.15, 0.2) is 5.65 Å². The van der Waals surface area contributed by atoms with Crippen molar-refractivity contribution in [2.45, 2.75) is 25.3 Å². The number of likely N-dealkylation sites (tertiary alicyclic amines) is 1. The summed E-state index contributed by atoms with van der Waals surface area (Å²) in [6.07, 6.45) is 9.15. The largest absolute Gasteiger partial charge is 0.493 e. The van der Waals surface area contributed by atoms with Crippen LogP contribution in [0, 0.1) is 0 Å². The number of fused-ring (bicyclic) bond motifs is 2. The van der Waals surface area contributed by atoms with Crippen LogP contribution in [0.25, 0.3) is 28.2 Å². The minimum Gasteiger partial charge on any atom is -0.493 e. The molecular weight excluding hydrogens is 470 g/mol. The number of rotatable bonds is 4. The summed E-state index contributed by atoms with van der Waals surface area (Å²) in [5, 5.41) is 4.53. The highest BCUT2D eigenvalue weighted by Crippen LogP contribution is 2.36. The second-order valence-electron chi connectivity index (χ2n) is 8.87. The third-order valence-electron chi connectivity index (χ3n) is 6.49. The van der Waals surface area contributed by atoms with Crippen LogP contribution in [0.15, 0.2) is 61.7 Å². The molecule has 2 N–H and O–H groups in total. The van der Waals surface area contributed by atoms with Gasteiger partial charge in [0, 0.05) is 55.1 Å². The molecule has 6 rings (SSSR count). The van der Waals surface area contributed by atoms with E-state index in [1.807, 2.05) is 12.1 Å². The topological polar surface area (TPSA) is 121 Å². The van der Waals surface area contributed by atoms with Crippen molar-refractivity contribution in [2.24, 2.45) is 5.73 Å². The lowest BCUT2D eigenvalue weighted by molar-refractivity contribution is -0.126. The van der Waals surface area contributed by atoms with Gasteiger partial charge < -0.3 is 20.1 Å². The molecule has 5 heterocycles. The van der Waals surface area contributed by atoms with E-state index in [2.05, 4.69) is 33.8 Å². The van der Waals surface area contributed by atoms with Gasteiger partial charge in [0.2, 0.25) is 11.8 Å². The molecule has 10 nitrogen and oxygen atoms in total. The molecule has 1 fully saturated rings. The van der Waals surface area contributed by atoms with E-state index >= 15 is 0 Å². The van der Waals surface area contributed by atoms with E-state index in [0.717, 1.165) is 72.9 Å². The predicted octanol–water partition coefficient (Wildman–Crippen LogP) is 2.92. The number of carbonyl (C=O) groups excluding carboxylic acids is 1. The number of nitrogens with zero attached hydrogens (tertiary/aromatic N) is 6. The first kappa shape index (κ1) is 24.4. The number of hydrogen-bond acceptors (Lipinski definition) is 8. The van der Waals surface area contributed by atoms with Gasteiger partial charge in [-0.25, -0.2) is 19.5 Å².